The molecule has 9 nitrogen and oxygen atoms in total. The topological polar surface area (TPSA) is 115 Å². The summed E-state index contributed by atoms with van der Waals surface area (Å²) in [5.74, 6) is 0.0508. The summed E-state index contributed by atoms with van der Waals surface area (Å²) >= 11 is 0. The Balaban J connectivity index is 1.99. The Kier molecular flexibility index (Phi) is 7.67. The van der Waals surface area contributed by atoms with Gasteiger partial charge in [-0.2, -0.15) is 0 Å². The summed E-state index contributed by atoms with van der Waals surface area (Å²) in [5, 5.41) is 16.5. The Morgan fingerprint density at radius 3 is 2.38 bits per heavy atom. The molecular weight excluding hydrogens is 376 g/mol. The van der Waals surface area contributed by atoms with Gasteiger partial charge in [0.25, 0.3) is 17.5 Å². The van der Waals surface area contributed by atoms with E-state index in [9.17, 15) is 19.7 Å². The maximum atomic E-state index is 12.6. The van der Waals surface area contributed by atoms with E-state index in [1.54, 1.807) is 44.4 Å². The SMILES string of the molecule is CC[NH+](CC(=O)Nc1ccc(OC)cc1)[C@@H](C)C(=O)Nc1ccccc1[N+](=O)[O-]. The Bertz CT molecular complexity index is 869. The van der Waals surface area contributed by atoms with Crippen LogP contribution in [0.15, 0.2) is 48.5 Å². The number of quaternary nitrogens is 1. The van der Waals surface area contributed by atoms with Crippen LogP contribution < -0.4 is 20.3 Å². The van der Waals surface area contributed by atoms with Gasteiger partial charge in [-0.15, -0.1) is 0 Å². The summed E-state index contributed by atoms with van der Waals surface area (Å²) in [7, 11) is 1.56. The van der Waals surface area contributed by atoms with Crippen molar-refractivity contribution in [2.24, 2.45) is 0 Å². The second-order valence-corrected chi connectivity index (χ2v) is 6.45. The molecule has 2 amide bonds. The number of hydrogen-bond donors (Lipinski definition) is 3. The Labute approximate surface area is 168 Å². The predicted octanol–water partition coefficient (Wildman–Crippen LogP) is 1.47. The smallest absolute Gasteiger partial charge is 0.292 e. The molecule has 9 heteroatoms. The van der Waals surface area contributed by atoms with Crippen LogP contribution >= 0.6 is 0 Å². The number of nitro groups is 1. The molecule has 1 unspecified atom stereocenters. The van der Waals surface area contributed by atoms with Gasteiger partial charge in [-0.1, -0.05) is 12.1 Å². The number of nitro benzene ring substituents is 1. The molecule has 2 rings (SSSR count). The minimum Gasteiger partial charge on any atom is -0.497 e. The van der Waals surface area contributed by atoms with Gasteiger partial charge >= 0.3 is 0 Å². The average Bonchev–Trinajstić information content (AvgIpc) is 2.72. The fourth-order valence-electron chi connectivity index (χ4n) is 2.83. The number of nitrogens with one attached hydrogen (secondary N) is 3. The highest BCUT2D eigenvalue weighted by Gasteiger charge is 2.27. The van der Waals surface area contributed by atoms with E-state index in [0.717, 1.165) is 4.90 Å². The van der Waals surface area contributed by atoms with E-state index in [1.165, 1.54) is 18.2 Å². The molecule has 0 bridgehead atoms. The maximum Gasteiger partial charge on any atom is 0.292 e. The Morgan fingerprint density at radius 2 is 1.79 bits per heavy atom. The number of ether oxygens (including phenoxy) is 1. The standard InChI is InChI=1S/C20H24N4O5/c1-4-23(13-19(25)21-15-9-11-16(29-3)12-10-15)14(2)20(26)22-17-7-5-6-8-18(17)24(27)28/h5-12,14H,4,13H2,1-3H3,(H,21,25)(H,22,26)/p+1/t14-/m0/s1. The molecule has 0 saturated heterocycles. The van der Waals surface area contributed by atoms with Crippen LogP contribution in [0.3, 0.4) is 0 Å². The van der Waals surface area contributed by atoms with Crippen LogP contribution in [0.1, 0.15) is 13.8 Å². The van der Waals surface area contributed by atoms with Crippen molar-refractivity contribution in [3.05, 3.63) is 58.6 Å². The molecule has 0 fully saturated rings. The molecule has 0 radical (unpaired) electrons. The number of nitrogens with zero attached hydrogens (tertiary/aromatic N) is 1. The molecule has 0 saturated carbocycles. The Morgan fingerprint density at radius 1 is 1.14 bits per heavy atom. The maximum absolute atomic E-state index is 12.6. The minimum atomic E-state index is -0.582. The highest BCUT2D eigenvalue weighted by atomic mass is 16.6. The van der Waals surface area contributed by atoms with Crippen LogP contribution in [0.2, 0.25) is 0 Å². The third kappa shape index (κ3) is 6.01. The zero-order chi connectivity index (χ0) is 21.4. The van der Waals surface area contributed by atoms with E-state index in [4.69, 9.17) is 4.74 Å². The highest BCUT2D eigenvalue weighted by Crippen LogP contribution is 2.23. The zero-order valence-corrected chi connectivity index (χ0v) is 16.6. The van der Waals surface area contributed by atoms with E-state index in [0.29, 0.717) is 18.0 Å². The van der Waals surface area contributed by atoms with Crippen molar-refractivity contribution in [2.45, 2.75) is 19.9 Å². The summed E-state index contributed by atoms with van der Waals surface area (Å²) in [4.78, 5) is 36.3. The van der Waals surface area contributed by atoms with E-state index in [-0.39, 0.29) is 23.8 Å². The fraction of sp³-hybridized carbons (Fsp3) is 0.300. The number of anilines is 2. The molecule has 0 heterocycles. The number of benzene rings is 2. The normalized spacial score (nSPS) is 12.5. The summed E-state index contributed by atoms with van der Waals surface area (Å²) in [6, 6.07) is 12.3. The highest BCUT2D eigenvalue weighted by molar-refractivity contribution is 5.96. The number of carbonyl (C=O) groups is 2. The van der Waals surface area contributed by atoms with Crippen molar-refractivity contribution in [1.82, 2.24) is 0 Å². The fourth-order valence-corrected chi connectivity index (χ4v) is 2.83. The summed E-state index contributed by atoms with van der Waals surface area (Å²) in [5.41, 5.74) is 0.583. The van der Waals surface area contributed by atoms with Crippen molar-refractivity contribution in [1.29, 1.82) is 0 Å². The number of para-hydroxylation sites is 2. The summed E-state index contributed by atoms with van der Waals surface area (Å²) < 4.78 is 5.08. The molecular formula is C20H25N4O5+. The third-order valence-corrected chi connectivity index (χ3v) is 4.58. The molecule has 0 aliphatic heterocycles. The van der Waals surface area contributed by atoms with Crippen molar-refractivity contribution in [2.75, 3.05) is 30.8 Å². The van der Waals surface area contributed by atoms with Crippen molar-refractivity contribution < 1.29 is 24.1 Å². The molecule has 0 aromatic heterocycles. The number of likely N-dealkylation sites (N-methyl/N-ethyl adjacent to an activating group) is 1. The van der Waals surface area contributed by atoms with Crippen molar-refractivity contribution in [3.63, 3.8) is 0 Å². The first-order chi connectivity index (χ1) is 13.8. The monoisotopic (exact) mass is 401 g/mol. The summed E-state index contributed by atoms with van der Waals surface area (Å²) in [6.45, 7) is 4.16. The first-order valence-corrected chi connectivity index (χ1v) is 9.18. The number of amides is 2. The van der Waals surface area contributed by atoms with Crippen LogP contribution in [0.25, 0.3) is 0 Å². The number of methoxy groups -OCH3 is 1. The van der Waals surface area contributed by atoms with Crippen molar-refractivity contribution in [3.8, 4) is 5.75 Å². The number of carbonyl (C=O) groups excluding carboxylic acids is 2. The lowest BCUT2D eigenvalue weighted by Crippen LogP contribution is -3.17. The molecule has 2 aromatic rings. The largest absolute Gasteiger partial charge is 0.497 e. The van der Waals surface area contributed by atoms with E-state index in [1.807, 2.05) is 6.92 Å². The van der Waals surface area contributed by atoms with Gasteiger partial charge in [0.1, 0.15) is 11.4 Å². The third-order valence-electron chi connectivity index (χ3n) is 4.58. The van der Waals surface area contributed by atoms with E-state index >= 15 is 0 Å². The van der Waals surface area contributed by atoms with Crippen LogP contribution in [-0.2, 0) is 9.59 Å². The van der Waals surface area contributed by atoms with E-state index in [2.05, 4.69) is 10.6 Å². The van der Waals surface area contributed by atoms with Gasteiger partial charge < -0.3 is 20.3 Å². The van der Waals surface area contributed by atoms with E-state index < -0.39 is 16.9 Å². The molecule has 2 atom stereocenters. The second-order valence-electron chi connectivity index (χ2n) is 6.45. The lowest BCUT2D eigenvalue weighted by Gasteiger charge is -2.23. The molecule has 0 aliphatic rings. The van der Waals surface area contributed by atoms with Crippen LogP contribution in [-0.4, -0.2) is 43.0 Å². The van der Waals surface area contributed by atoms with Gasteiger partial charge in [0, 0.05) is 11.8 Å². The predicted molar refractivity (Wildman–Crippen MR) is 109 cm³/mol. The molecule has 154 valence electrons. The van der Waals surface area contributed by atoms with Gasteiger partial charge in [-0.25, -0.2) is 0 Å². The van der Waals surface area contributed by atoms with Gasteiger partial charge in [-0.3, -0.25) is 19.7 Å². The average molecular weight is 401 g/mol. The number of rotatable bonds is 9. The second kappa shape index (κ2) is 10.2. The molecule has 29 heavy (non-hydrogen) atoms. The van der Waals surface area contributed by atoms with Crippen LogP contribution in [0, 0.1) is 10.1 Å². The molecule has 2 aromatic carbocycles. The number of hydrogen-bond acceptors (Lipinski definition) is 5. The van der Waals surface area contributed by atoms with Gasteiger partial charge in [0.2, 0.25) is 0 Å². The molecule has 0 aliphatic carbocycles. The van der Waals surface area contributed by atoms with Crippen LogP contribution in [0.5, 0.6) is 5.75 Å². The molecule has 3 N–H and O–H groups in total. The first kappa shape index (κ1) is 21.8. The van der Waals surface area contributed by atoms with Gasteiger partial charge in [0.05, 0.1) is 18.6 Å². The Hall–Kier alpha value is -3.46. The van der Waals surface area contributed by atoms with Gasteiger partial charge in [-0.05, 0) is 44.2 Å². The minimum absolute atomic E-state index is 0.0774. The lowest BCUT2D eigenvalue weighted by atomic mass is 10.2. The quantitative estimate of drug-likeness (QED) is 0.435. The lowest BCUT2D eigenvalue weighted by molar-refractivity contribution is -0.904. The summed E-state index contributed by atoms with van der Waals surface area (Å²) in [6.07, 6.45) is 0. The zero-order valence-electron chi connectivity index (χ0n) is 16.6. The van der Waals surface area contributed by atoms with Gasteiger partial charge in [0.15, 0.2) is 12.6 Å². The molecule has 0 spiro atoms. The van der Waals surface area contributed by atoms with Crippen molar-refractivity contribution >= 4 is 28.9 Å². The van der Waals surface area contributed by atoms with Crippen LogP contribution in [0.4, 0.5) is 17.1 Å². The first-order valence-electron chi connectivity index (χ1n) is 9.18.